The third kappa shape index (κ3) is 31.3. The first-order chi connectivity index (χ1) is 7.79. The van der Waals surface area contributed by atoms with Crippen LogP contribution in [0.1, 0.15) is 19.8 Å². The van der Waals surface area contributed by atoms with Gasteiger partial charge in [0, 0.05) is 6.67 Å². The Morgan fingerprint density at radius 3 is 2.00 bits per heavy atom. The Labute approximate surface area is 103 Å². The third-order valence-corrected chi connectivity index (χ3v) is 2.24. The molecule has 3 N–H and O–H groups in total. The molecule has 0 atom stereocenters. The van der Waals surface area contributed by atoms with Gasteiger partial charge in [-0.05, 0) is 25.9 Å². The van der Waals surface area contributed by atoms with E-state index in [-0.39, 0.29) is 5.75 Å². The summed E-state index contributed by atoms with van der Waals surface area (Å²) in [6, 6.07) is 0. The topological polar surface area (TPSA) is 130 Å². The van der Waals surface area contributed by atoms with E-state index in [0.717, 1.165) is 13.0 Å². The molecule has 0 aliphatic rings. The zero-order valence-corrected chi connectivity index (χ0v) is 11.2. The molecule has 0 aromatic rings. The Bertz CT molecular complexity index is 355. The predicted octanol–water partition coefficient (Wildman–Crippen LogP) is -1.19. The molecule has 0 aliphatic carbocycles. The van der Waals surface area contributed by atoms with Crippen LogP contribution in [-0.4, -0.2) is 51.1 Å². The normalized spacial score (nSPS) is 10.5. The fourth-order valence-electron chi connectivity index (χ4n) is 0.822. The second kappa shape index (κ2) is 11.9. The molecular weight excluding hydrogens is 272 g/mol. The van der Waals surface area contributed by atoms with Gasteiger partial charge >= 0.3 is 10.6 Å². The number of hydrogen-bond donors (Lipinski definition) is 3. The Kier molecular flexibility index (Phi) is 13.2. The van der Waals surface area contributed by atoms with Crippen LogP contribution in [0.5, 0.6) is 0 Å². The highest BCUT2D eigenvalue weighted by Crippen LogP contribution is 1.85. The van der Waals surface area contributed by atoms with E-state index in [2.05, 4.69) is 17.6 Å². The first-order valence-corrected chi connectivity index (χ1v) is 7.54. The fraction of sp³-hybridized carbons (Fsp3) is 1.00. The van der Waals surface area contributed by atoms with E-state index >= 15 is 0 Å². The maximum atomic E-state index is 10.3. The van der Waals surface area contributed by atoms with E-state index < -0.39 is 20.7 Å². The second-order valence-corrected chi connectivity index (χ2v) is 5.00. The van der Waals surface area contributed by atoms with Gasteiger partial charge in [-0.25, -0.2) is 0 Å². The average molecular weight is 290 g/mol. The summed E-state index contributed by atoms with van der Waals surface area (Å²) in [6.07, 6.45) is 1.51. The lowest BCUT2D eigenvalue weighted by Gasteiger charge is -2.04. The van der Waals surface area contributed by atoms with Gasteiger partial charge in [-0.1, -0.05) is 6.92 Å². The molecule has 0 radical (unpaired) electrons. The SMILES string of the molecule is CCCNCNCCCS(=O)(=O)O.O=S(=O)=O. The van der Waals surface area contributed by atoms with E-state index in [1.807, 2.05) is 0 Å². The lowest BCUT2D eigenvalue weighted by atomic mass is 10.5. The van der Waals surface area contributed by atoms with E-state index in [1.54, 1.807) is 0 Å². The summed E-state index contributed by atoms with van der Waals surface area (Å²) in [5.74, 6) is -0.173. The molecule has 0 aliphatic heterocycles. The van der Waals surface area contributed by atoms with Crippen molar-refractivity contribution in [2.45, 2.75) is 19.8 Å². The highest BCUT2D eigenvalue weighted by atomic mass is 32.2. The van der Waals surface area contributed by atoms with Gasteiger partial charge < -0.3 is 10.6 Å². The maximum Gasteiger partial charge on any atom is 0.425 e. The molecule has 0 saturated heterocycles. The lowest BCUT2D eigenvalue weighted by molar-refractivity contribution is 0.478. The van der Waals surface area contributed by atoms with Crippen LogP contribution in [0.3, 0.4) is 0 Å². The molecule has 0 bridgehead atoms. The molecule has 0 unspecified atom stereocenters. The fourth-order valence-corrected chi connectivity index (χ4v) is 1.33. The molecule has 104 valence electrons. The second-order valence-electron chi connectivity index (χ2n) is 3.02. The minimum Gasteiger partial charge on any atom is -0.305 e. The van der Waals surface area contributed by atoms with Gasteiger partial charge in [0.05, 0.1) is 5.75 Å². The highest BCUT2D eigenvalue weighted by Gasteiger charge is 2.01. The summed E-state index contributed by atoms with van der Waals surface area (Å²) in [6.45, 7) is 4.30. The molecule has 17 heavy (non-hydrogen) atoms. The summed E-state index contributed by atoms with van der Waals surface area (Å²) >= 11 is 0. The van der Waals surface area contributed by atoms with Crippen molar-refractivity contribution in [2.24, 2.45) is 0 Å². The van der Waals surface area contributed by atoms with Crippen LogP contribution in [0.15, 0.2) is 0 Å². The molecule has 0 saturated carbocycles. The number of hydrogen-bond acceptors (Lipinski definition) is 7. The minimum atomic E-state index is -3.78. The summed E-state index contributed by atoms with van der Waals surface area (Å²) in [7, 11) is -6.89. The van der Waals surface area contributed by atoms with Crippen LogP contribution in [0.2, 0.25) is 0 Å². The largest absolute Gasteiger partial charge is 0.425 e. The van der Waals surface area contributed by atoms with E-state index in [9.17, 15) is 8.42 Å². The molecule has 0 rings (SSSR count). The van der Waals surface area contributed by atoms with Crippen molar-refractivity contribution in [3.63, 3.8) is 0 Å². The van der Waals surface area contributed by atoms with Gasteiger partial charge in [0.15, 0.2) is 0 Å². The molecule has 0 amide bonds. The Morgan fingerprint density at radius 2 is 1.59 bits per heavy atom. The van der Waals surface area contributed by atoms with E-state index in [0.29, 0.717) is 19.6 Å². The summed E-state index contributed by atoms with van der Waals surface area (Å²) in [4.78, 5) is 0. The molecule has 0 heterocycles. The Hall–Kier alpha value is -0.550. The van der Waals surface area contributed by atoms with Crippen molar-refractivity contribution in [3.05, 3.63) is 0 Å². The van der Waals surface area contributed by atoms with Crippen LogP contribution in [0.25, 0.3) is 0 Å². The maximum absolute atomic E-state index is 10.3. The van der Waals surface area contributed by atoms with Crippen molar-refractivity contribution < 1.29 is 25.6 Å². The molecule has 0 fully saturated rings. The summed E-state index contributed by atoms with van der Waals surface area (Å²) < 4.78 is 54.3. The first-order valence-electron chi connectivity index (χ1n) is 4.93. The van der Waals surface area contributed by atoms with Crippen molar-refractivity contribution >= 4 is 20.7 Å². The zero-order valence-electron chi connectivity index (χ0n) is 9.55. The van der Waals surface area contributed by atoms with Crippen LogP contribution in [0, 0.1) is 0 Å². The van der Waals surface area contributed by atoms with Crippen LogP contribution in [0.4, 0.5) is 0 Å². The zero-order chi connectivity index (χ0) is 13.7. The summed E-state index contributed by atoms with van der Waals surface area (Å²) in [5, 5.41) is 6.12. The standard InChI is InChI=1S/C7H18N2O3S.O3S/c1-2-4-8-7-9-5-3-6-13(10,11)12;1-4(2)3/h8-9H,2-7H2,1H3,(H,10,11,12);. The Morgan fingerprint density at radius 1 is 1.12 bits per heavy atom. The van der Waals surface area contributed by atoms with Crippen molar-refractivity contribution in [1.29, 1.82) is 0 Å². The molecular formula is C7H18N2O6S2. The van der Waals surface area contributed by atoms with Crippen LogP contribution < -0.4 is 10.6 Å². The van der Waals surface area contributed by atoms with Crippen LogP contribution >= 0.6 is 0 Å². The van der Waals surface area contributed by atoms with Crippen molar-refractivity contribution in [3.8, 4) is 0 Å². The van der Waals surface area contributed by atoms with Gasteiger partial charge in [-0.15, -0.1) is 12.6 Å². The van der Waals surface area contributed by atoms with Crippen molar-refractivity contribution in [2.75, 3.05) is 25.5 Å². The summed E-state index contributed by atoms with van der Waals surface area (Å²) in [5.41, 5.74) is 0. The third-order valence-electron chi connectivity index (χ3n) is 1.43. The number of nitrogens with one attached hydrogen (secondary N) is 2. The first kappa shape index (κ1) is 18.8. The van der Waals surface area contributed by atoms with Gasteiger partial charge in [0.25, 0.3) is 10.1 Å². The quantitative estimate of drug-likeness (QED) is 0.289. The molecule has 0 aromatic carbocycles. The van der Waals surface area contributed by atoms with E-state index in [1.165, 1.54) is 0 Å². The van der Waals surface area contributed by atoms with Crippen molar-refractivity contribution in [1.82, 2.24) is 10.6 Å². The smallest absolute Gasteiger partial charge is 0.305 e. The van der Waals surface area contributed by atoms with Gasteiger partial charge in [-0.2, -0.15) is 8.42 Å². The average Bonchev–Trinajstić information content (AvgIpc) is 2.14. The van der Waals surface area contributed by atoms with Crippen LogP contribution in [-0.2, 0) is 20.7 Å². The van der Waals surface area contributed by atoms with Gasteiger partial charge in [0.2, 0.25) is 0 Å². The molecule has 8 nitrogen and oxygen atoms in total. The molecule has 0 aromatic heterocycles. The van der Waals surface area contributed by atoms with Gasteiger partial charge in [-0.3, -0.25) is 4.55 Å². The molecule has 10 heteroatoms. The minimum absolute atomic E-state index is 0.173. The van der Waals surface area contributed by atoms with E-state index in [4.69, 9.17) is 17.2 Å². The lowest BCUT2D eigenvalue weighted by Crippen LogP contribution is -2.30. The highest BCUT2D eigenvalue weighted by molar-refractivity contribution is 7.85. The predicted molar refractivity (Wildman–Crippen MR) is 61.9 cm³/mol. The van der Waals surface area contributed by atoms with Gasteiger partial charge in [0.1, 0.15) is 0 Å². The monoisotopic (exact) mass is 290 g/mol. The Balaban J connectivity index is 0. The molecule has 0 spiro atoms. The number of rotatable bonds is 8.